The van der Waals surface area contributed by atoms with Crippen molar-refractivity contribution in [3.05, 3.63) is 83.6 Å². The standard InChI is InChI=1S/C22H20F3N3O4S/c1-15-5-2-8-18(11-15)28-33(30,31)19-9-3-6-16(12-19)20(29)27-13-17-7-4-10-26-21(17)32-14-22(23,24)25/h2-12,28H,13-14H2,1H3,(H,27,29). The van der Waals surface area contributed by atoms with Crippen LogP contribution in [0.4, 0.5) is 18.9 Å². The first-order valence-electron chi connectivity index (χ1n) is 9.65. The zero-order valence-corrected chi connectivity index (χ0v) is 18.2. The number of carbonyl (C=O) groups is 1. The van der Waals surface area contributed by atoms with Gasteiger partial charge >= 0.3 is 6.18 Å². The molecule has 0 aliphatic carbocycles. The average Bonchev–Trinajstić information content (AvgIpc) is 2.76. The SMILES string of the molecule is Cc1cccc(NS(=O)(=O)c2cccc(C(=O)NCc3cccnc3OCC(F)(F)F)c2)c1. The number of nitrogens with one attached hydrogen (secondary N) is 2. The molecule has 0 spiro atoms. The van der Waals surface area contributed by atoms with E-state index in [1.54, 1.807) is 18.2 Å². The van der Waals surface area contributed by atoms with Gasteiger partial charge in [0.15, 0.2) is 6.61 Å². The topological polar surface area (TPSA) is 97.4 Å². The van der Waals surface area contributed by atoms with Gasteiger partial charge in [0.1, 0.15) is 0 Å². The number of hydrogen-bond acceptors (Lipinski definition) is 5. The number of alkyl halides is 3. The Morgan fingerprint density at radius 1 is 1.06 bits per heavy atom. The third kappa shape index (κ3) is 6.94. The van der Waals surface area contributed by atoms with Gasteiger partial charge in [-0.3, -0.25) is 9.52 Å². The highest BCUT2D eigenvalue weighted by Gasteiger charge is 2.29. The predicted octanol–water partition coefficient (Wildman–Crippen LogP) is 4.06. The lowest BCUT2D eigenvalue weighted by atomic mass is 10.2. The number of ether oxygens (including phenoxy) is 1. The maximum atomic E-state index is 12.7. The van der Waals surface area contributed by atoms with Crippen molar-refractivity contribution in [3.8, 4) is 5.88 Å². The first-order chi connectivity index (χ1) is 15.5. The lowest BCUT2D eigenvalue weighted by Gasteiger charge is -2.13. The van der Waals surface area contributed by atoms with Crippen molar-refractivity contribution in [2.24, 2.45) is 0 Å². The van der Waals surface area contributed by atoms with Crippen LogP contribution in [0.15, 0.2) is 71.8 Å². The summed E-state index contributed by atoms with van der Waals surface area (Å²) >= 11 is 0. The number of nitrogens with zero attached hydrogens (tertiary/aromatic N) is 1. The second kappa shape index (κ2) is 9.90. The van der Waals surface area contributed by atoms with E-state index in [1.807, 2.05) is 13.0 Å². The highest BCUT2D eigenvalue weighted by Crippen LogP contribution is 2.21. The second-order valence-electron chi connectivity index (χ2n) is 7.06. The normalized spacial score (nSPS) is 11.6. The Morgan fingerprint density at radius 3 is 2.55 bits per heavy atom. The summed E-state index contributed by atoms with van der Waals surface area (Å²) in [7, 11) is -3.95. The maximum Gasteiger partial charge on any atom is 0.422 e. The number of aryl methyl sites for hydroxylation is 1. The van der Waals surface area contributed by atoms with Crippen LogP contribution in [0, 0.1) is 6.92 Å². The van der Waals surface area contributed by atoms with Crippen LogP contribution in [0.25, 0.3) is 0 Å². The number of pyridine rings is 1. The van der Waals surface area contributed by atoms with E-state index in [0.717, 1.165) is 5.56 Å². The number of hydrogen-bond donors (Lipinski definition) is 2. The minimum Gasteiger partial charge on any atom is -0.468 e. The number of aromatic nitrogens is 1. The van der Waals surface area contributed by atoms with Gasteiger partial charge in [-0.25, -0.2) is 13.4 Å². The van der Waals surface area contributed by atoms with Crippen LogP contribution in [0.2, 0.25) is 0 Å². The molecule has 2 N–H and O–H groups in total. The van der Waals surface area contributed by atoms with Gasteiger partial charge in [-0.05, 0) is 48.9 Å². The minimum absolute atomic E-state index is 0.0590. The smallest absolute Gasteiger partial charge is 0.422 e. The number of halogens is 3. The van der Waals surface area contributed by atoms with E-state index < -0.39 is 28.7 Å². The van der Waals surface area contributed by atoms with Crippen molar-refractivity contribution in [2.45, 2.75) is 24.5 Å². The zero-order valence-electron chi connectivity index (χ0n) is 17.4. The summed E-state index contributed by atoms with van der Waals surface area (Å²) in [6.07, 6.45) is -3.26. The second-order valence-corrected chi connectivity index (χ2v) is 8.74. The lowest BCUT2D eigenvalue weighted by Crippen LogP contribution is -2.25. The fourth-order valence-electron chi connectivity index (χ4n) is 2.84. The molecular weight excluding hydrogens is 459 g/mol. The van der Waals surface area contributed by atoms with Gasteiger partial charge in [0, 0.05) is 29.6 Å². The molecule has 1 aromatic heterocycles. The van der Waals surface area contributed by atoms with Gasteiger partial charge in [-0.1, -0.05) is 24.3 Å². The van der Waals surface area contributed by atoms with Gasteiger partial charge in [0.25, 0.3) is 15.9 Å². The maximum absolute atomic E-state index is 12.7. The number of carbonyl (C=O) groups excluding carboxylic acids is 1. The summed E-state index contributed by atoms with van der Waals surface area (Å²) in [6, 6.07) is 15.2. The average molecular weight is 479 g/mol. The number of sulfonamides is 1. The van der Waals surface area contributed by atoms with E-state index in [9.17, 15) is 26.4 Å². The van der Waals surface area contributed by atoms with Crippen molar-refractivity contribution in [2.75, 3.05) is 11.3 Å². The summed E-state index contributed by atoms with van der Waals surface area (Å²) in [5.41, 5.74) is 1.55. The first kappa shape index (κ1) is 24.1. The highest BCUT2D eigenvalue weighted by molar-refractivity contribution is 7.92. The van der Waals surface area contributed by atoms with Crippen molar-refractivity contribution < 1.29 is 31.1 Å². The Kier molecular flexibility index (Phi) is 7.22. The Hall–Kier alpha value is -3.60. The molecule has 3 aromatic rings. The number of anilines is 1. The quantitative estimate of drug-likeness (QED) is 0.508. The molecule has 0 atom stereocenters. The molecule has 2 aromatic carbocycles. The Labute approximate surface area is 188 Å². The fourth-order valence-corrected chi connectivity index (χ4v) is 3.94. The van der Waals surface area contributed by atoms with Crippen LogP contribution >= 0.6 is 0 Å². The van der Waals surface area contributed by atoms with E-state index in [4.69, 9.17) is 4.74 Å². The first-order valence-corrected chi connectivity index (χ1v) is 11.1. The summed E-state index contributed by atoms with van der Waals surface area (Å²) in [5.74, 6) is -0.873. The predicted molar refractivity (Wildman–Crippen MR) is 115 cm³/mol. The summed E-state index contributed by atoms with van der Waals surface area (Å²) in [4.78, 5) is 16.2. The van der Waals surface area contributed by atoms with Crippen molar-refractivity contribution in [3.63, 3.8) is 0 Å². The number of amides is 1. The van der Waals surface area contributed by atoms with E-state index in [-0.39, 0.29) is 28.4 Å². The van der Waals surface area contributed by atoms with Crippen LogP contribution in [0.1, 0.15) is 21.5 Å². The molecule has 3 rings (SSSR count). The molecule has 1 amide bonds. The molecule has 0 aliphatic heterocycles. The van der Waals surface area contributed by atoms with Crippen LogP contribution in [0.3, 0.4) is 0 Å². The molecule has 174 valence electrons. The van der Waals surface area contributed by atoms with Crippen molar-refractivity contribution in [1.82, 2.24) is 10.3 Å². The van der Waals surface area contributed by atoms with Gasteiger partial charge in [-0.2, -0.15) is 13.2 Å². The van der Waals surface area contributed by atoms with Crippen LogP contribution in [0.5, 0.6) is 5.88 Å². The highest BCUT2D eigenvalue weighted by atomic mass is 32.2. The third-order valence-electron chi connectivity index (χ3n) is 4.34. The van der Waals surface area contributed by atoms with Gasteiger partial charge in [-0.15, -0.1) is 0 Å². The molecule has 11 heteroatoms. The van der Waals surface area contributed by atoms with E-state index in [1.165, 1.54) is 42.6 Å². The minimum atomic E-state index is -4.53. The van der Waals surface area contributed by atoms with Crippen LogP contribution in [-0.2, 0) is 16.6 Å². The Balaban J connectivity index is 1.70. The number of benzene rings is 2. The number of rotatable bonds is 8. The van der Waals surface area contributed by atoms with Crippen LogP contribution < -0.4 is 14.8 Å². The van der Waals surface area contributed by atoms with E-state index in [0.29, 0.717) is 5.69 Å². The van der Waals surface area contributed by atoms with E-state index in [2.05, 4.69) is 15.0 Å². The van der Waals surface area contributed by atoms with Crippen LogP contribution in [-0.4, -0.2) is 32.1 Å². The lowest BCUT2D eigenvalue weighted by molar-refractivity contribution is -0.154. The molecular formula is C22H20F3N3O4S. The fraction of sp³-hybridized carbons (Fsp3) is 0.182. The molecule has 0 aliphatic rings. The van der Waals surface area contributed by atoms with Gasteiger partial charge < -0.3 is 10.1 Å². The molecule has 0 radical (unpaired) electrons. The Morgan fingerprint density at radius 2 is 1.82 bits per heavy atom. The molecule has 0 saturated carbocycles. The zero-order chi connectivity index (χ0) is 24.1. The largest absolute Gasteiger partial charge is 0.468 e. The van der Waals surface area contributed by atoms with Crippen molar-refractivity contribution in [1.29, 1.82) is 0 Å². The monoisotopic (exact) mass is 479 g/mol. The third-order valence-corrected chi connectivity index (χ3v) is 5.72. The summed E-state index contributed by atoms with van der Waals surface area (Å²) < 4.78 is 69.8. The van der Waals surface area contributed by atoms with Gasteiger partial charge in [0.2, 0.25) is 5.88 Å². The summed E-state index contributed by atoms with van der Waals surface area (Å²) in [5, 5.41) is 2.53. The Bertz CT molecular complexity index is 1250. The molecule has 33 heavy (non-hydrogen) atoms. The van der Waals surface area contributed by atoms with E-state index >= 15 is 0 Å². The molecule has 1 heterocycles. The van der Waals surface area contributed by atoms with Gasteiger partial charge in [0.05, 0.1) is 4.90 Å². The molecule has 0 bridgehead atoms. The summed E-state index contributed by atoms with van der Waals surface area (Å²) in [6.45, 7) is 0.141. The molecule has 7 nitrogen and oxygen atoms in total. The molecule has 0 saturated heterocycles. The molecule has 0 fully saturated rings. The molecule has 0 unspecified atom stereocenters. The van der Waals surface area contributed by atoms with Crippen molar-refractivity contribution >= 4 is 21.6 Å².